The molecular weight excluding hydrogens is 282 g/mol. The second-order valence-electron chi connectivity index (χ2n) is 5.13. The number of hydrogen-bond donors (Lipinski definition) is 1. The monoisotopic (exact) mass is 295 g/mol. The van der Waals surface area contributed by atoms with Gasteiger partial charge in [0.25, 0.3) is 0 Å². The Morgan fingerprint density at radius 2 is 1.81 bits per heavy atom. The number of hydrogen-bond acceptors (Lipinski definition) is 1. The van der Waals surface area contributed by atoms with Gasteiger partial charge in [-0.1, -0.05) is 24.3 Å². The van der Waals surface area contributed by atoms with Gasteiger partial charge in [0.1, 0.15) is 5.82 Å². The molecule has 0 fully saturated rings. The summed E-state index contributed by atoms with van der Waals surface area (Å²) in [6.07, 6.45) is -3.21. The van der Waals surface area contributed by atoms with Gasteiger partial charge in [-0.25, -0.2) is 4.39 Å². The minimum absolute atomic E-state index is 0.235. The smallest absolute Gasteiger partial charge is 0.378 e. The SMILES string of the molecule is Fc1ccc(C2CCc3ccccc3N2)cc1C(F)(F)F. The molecule has 2 aromatic rings. The van der Waals surface area contributed by atoms with Crippen LogP contribution >= 0.6 is 0 Å². The molecular formula is C16H13F4N. The number of rotatable bonds is 1. The summed E-state index contributed by atoms with van der Waals surface area (Å²) in [6, 6.07) is 10.7. The van der Waals surface area contributed by atoms with Crippen LogP contribution < -0.4 is 5.32 Å². The Labute approximate surface area is 119 Å². The Morgan fingerprint density at radius 3 is 2.57 bits per heavy atom. The number of alkyl halides is 3. The Hall–Kier alpha value is -2.04. The van der Waals surface area contributed by atoms with Crippen molar-refractivity contribution < 1.29 is 17.6 Å². The van der Waals surface area contributed by atoms with Crippen LogP contribution in [0.4, 0.5) is 23.2 Å². The van der Waals surface area contributed by atoms with E-state index in [4.69, 9.17) is 0 Å². The molecule has 1 aliphatic heterocycles. The normalized spacial score (nSPS) is 18.0. The maximum absolute atomic E-state index is 13.3. The molecule has 1 heterocycles. The zero-order valence-electron chi connectivity index (χ0n) is 11.0. The van der Waals surface area contributed by atoms with Crippen LogP contribution in [0.15, 0.2) is 42.5 Å². The highest BCUT2D eigenvalue weighted by atomic mass is 19.4. The summed E-state index contributed by atoms with van der Waals surface area (Å²) < 4.78 is 51.7. The molecule has 0 aliphatic carbocycles. The van der Waals surface area contributed by atoms with E-state index in [0.717, 1.165) is 29.8 Å². The molecule has 5 heteroatoms. The van der Waals surface area contributed by atoms with Crippen molar-refractivity contribution in [1.82, 2.24) is 0 Å². The molecule has 1 aliphatic rings. The lowest BCUT2D eigenvalue weighted by atomic mass is 9.92. The van der Waals surface area contributed by atoms with Crippen molar-refractivity contribution in [3.63, 3.8) is 0 Å². The highest BCUT2D eigenvalue weighted by Crippen LogP contribution is 2.36. The second kappa shape index (κ2) is 5.06. The van der Waals surface area contributed by atoms with Gasteiger partial charge in [-0.05, 0) is 42.2 Å². The Morgan fingerprint density at radius 1 is 1.05 bits per heavy atom. The number of fused-ring (bicyclic) bond motifs is 1. The van der Waals surface area contributed by atoms with E-state index in [2.05, 4.69) is 5.32 Å². The first kappa shape index (κ1) is 13.9. The molecule has 1 nitrogen and oxygen atoms in total. The standard InChI is InChI=1S/C16H13F4N/c17-13-7-5-11(9-12(13)16(18,19)20)15-8-6-10-3-1-2-4-14(10)21-15/h1-5,7,9,15,21H,6,8H2. The van der Waals surface area contributed by atoms with Gasteiger partial charge < -0.3 is 5.32 Å². The zero-order chi connectivity index (χ0) is 15.0. The Kier molecular flexibility index (Phi) is 3.35. The zero-order valence-corrected chi connectivity index (χ0v) is 11.0. The van der Waals surface area contributed by atoms with E-state index in [1.165, 1.54) is 6.07 Å². The van der Waals surface area contributed by atoms with Crippen molar-refractivity contribution in [2.75, 3.05) is 5.32 Å². The summed E-state index contributed by atoms with van der Waals surface area (Å²) in [6.45, 7) is 0. The van der Waals surface area contributed by atoms with Crippen molar-refractivity contribution in [1.29, 1.82) is 0 Å². The fraction of sp³-hybridized carbons (Fsp3) is 0.250. The van der Waals surface area contributed by atoms with Crippen molar-refractivity contribution in [2.45, 2.75) is 25.1 Å². The van der Waals surface area contributed by atoms with Crippen LogP contribution in [0, 0.1) is 5.82 Å². The van der Waals surface area contributed by atoms with Crippen molar-refractivity contribution >= 4 is 5.69 Å². The van der Waals surface area contributed by atoms with E-state index < -0.39 is 17.6 Å². The lowest BCUT2D eigenvalue weighted by molar-refractivity contribution is -0.140. The molecule has 1 unspecified atom stereocenters. The van der Waals surface area contributed by atoms with E-state index in [9.17, 15) is 17.6 Å². The minimum Gasteiger partial charge on any atom is -0.378 e. The van der Waals surface area contributed by atoms with Crippen LogP contribution in [-0.2, 0) is 12.6 Å². The molecule has 0 saturated heterocycles. The second-order valence-corrected chi connectivity index (χ2v) is 5.13. The number of benzene rings is 2. The topological polar surface area (TPSA) is 12.0 Å². The molecule has 21 heavy (non-hydrogen) atoms. The summed E-state index contributed by atoms with van der Waals surface area (Å²) in [5.74, 6) is -1.23. The lowest BCUT2D eigenvalue weighted by Gasteiger charge is -2.28. The third kappa shape index (κ3) is 2.73. The van der Waals surface area contributed by atoms with Crippen LogP contribution in [-0.4, -0.2) is 0 Å². The summed E-state index contributed by atoms with van der Waals surface area (Å²) in [4.78, 5) is 0. The molecule has 3 rings (SSSR count). The molecule has 0 spiro atoms. The predicted octanol–water partition coefficient (Wildman–Crippen LogP) is 4.94. The van der Waals surface area contributed by atoms with Gasteiger partial charge in [0.05, 0.1) is 11.6 Å². The van der Waals surface area contributed by atoms with E-state index >= 15 is 0 Å². The van der Waals surface area contributed by atoms with Gasteiger partial charge in [0.15, 0.2) is 0 Å². The number of nitrogens with one attached hydrogen (secondary N) is 1. The van der Waals surface area contributed by atoms with E-state index in [-0.39, 0.29) is 6.04 Å². The van der Waals surface area contributed by atoms with Crippen LogP contribution in [0.3, 0.4) is 0 Å². The molecule has 0 saturated carbocycles. The molecule has 0 bridgehead atoms. The van der Waals surface area contributed by atoms with Gasteiger partial charge in [0, 0.05) is 5.69 Å². The molecule has 110 valence electrons. The third-order valence-electron chi connectivity index (χ3n) is 3.75. The molecule has 0 aromatic heterocycles. The van der Waals surface area contributed by atoms with Crippen molar-refractivity contribution in [3.8, 4) is 0 Å². The Balaban J connectivity index is 1.92. The quantitative estimate of drug-likeness (QED) is 0.734. The van der Waals surface area contributed by atoms with Gasteiger partial charge in [-0.15, -0.1) is 0 Å². The maximum atomic E-state index is 13.3. The van der Waals surface area contributed by atoms with Gasteiger partial charge >= 0.3 is 6.18 Å². The first-order valence-electron chi connectivity index (χ1n) is 6.66. The number of aryl methyl sites for hydroxylation is 1. The lowest BCUT2D eigenvalue weighted by Crippen LogP contribution is -2.19. The fourth-order valence-electron chi connectivity index (χ4n) is 2.67. The van der Waals surface area contributed by atoms with Crippen LogP contribution in [0.2, 0.25) is 0 Å². The molecule has 0 radical (unpaired) electrons. The van der Waals surface area contributed by atoms with E-state index in [1.807, 2.05) is 24.3 Å². The van der Waals surface area contributed by atoms with E-state index in [1.54, 1.807) is 0 Å². The number of halogens is 4. The molecule has 2 aromatic carbocycles. The first-order chi connectivity index (χ1) is 9.95. The Bertz CT molecular complexity index is 664. The summed E-state index contributed by atoms with van der Waals surface area (Å²) in [5.41, 5.74) is 1.32. The third-order valence-corrected chi connectivity index (χ3v) is 3.75. The van der Waals surface area contributed by atoms with Gasteiger partial charge in [0.2, 0.25) is 0 Å². The number of para-hydroxylation sites is 1. The highest BCUT2D eigenvalue weighted by Gasteiger charge is 2.35. The summed E-state index contributed by atoms with van der Waals surface area (Å²) >= 11 is 0. The highest BCUT2D eigenvalue weighted by molar-refractivity contribution is 5.55. The van der Waals surface area contributed by atoms with Crippen molar-refractivity contribution in [2.24, 2.45) is 0 Å². The molecule has 1 atom stereocenters. The van der Waals surface area contributed by atoms with Crippen LogP contribution in [0.5, 0.6) is 0 Å². The van der Waals surface area contributed by atoms with E-state index in [0.29, 0.717) is 12.0 Å². The molecule has 0 amide bonds. The average molecular weight is 295 g/mol. The predicted molar refractivity (Wildman–Crippen MR) is 72.5 cm³/mol. The fourth-order valence-corrected chi connectivity index (χ4v) is 2.67. The minimum atomic E-state index is -4.67. The van der Waals surface area contributed by atoms with Crippen LogP contribution in [0.25, 0.3) is 0 Å². The van der Waals surface area contributed by atoms with Crippen LogP contribution in [0.1, 0.15) is 29.2 Å². The number of anilines is 1. The summed E-state index contributed by atoms with van der Waals surface area (Å²) in [7, 11) is 0. The largest absolute Gasteiger partial charge is 0.419 e. The molecule has 1 N–H and O–H groups in total. The van der Waals surface area contributed by atoms with Crippen molar-refractivity contribution in [3.05, 3.63) is 65.0 Å². The first-order valence-corrected chi connectivity index (χ1v) is 6.66. The van der Waals surface area contributed by atoms with Gasteiger partial charge in [-0.2, -0.15) is 13.2 Å². The maximum Gasteiger partial charge on any atom is 0.419 e. The average Bonchev–Trinajstić information content (AvgIpc) is 2.46. The summed E-state index contributed by atoms with van der Waals surface area (Å²) in [5, 5.41) is 3.22. The van der Waals surface area contributed by atoms with Gasteiger partial charge in [-0.3, -0.25) is 0 Å².